The molecule has 0 N–H and O–H groups in total. The minimum absolute atomic E-state index is 1.13. The van der Waals surface area contributed by atoms with Crippen LogP contribution >= 0.6 is 0 Å². The molecule has 2 heterocycles. The highest BCUT2D eigenvalue weighted by Crippen LogP contribution is 2.42. The maximum atomic E-state index is 2.62. The fraction of sp³-hybridized carbons (Fsp3) is 0. The molecule has 0 saturated carbocycles. The first kappa shape index (κ1) is 36.8. The minimum Gasteiger partial charge on any atom is -0.307 e. The van der Waals surface area contributed by atoms with E-state index in [1.54, 1.807) is 0 Å². The van der Waals surface area contributed by atoms with Gasteiger partial charge in [-0.1, -0.05) is 224 Å². The quantitative estimate of drug-likeness (QED) is 0.107. The van der Waals surface area contributed by atoms with Crippen molar-refractivity contribution >= 4 is 72.4 Å². The maximum Gasteiger partial charge on any atom is 0.181 e. The molecule has 0 spiro atoms. The van der Waals surface area contributed by atoms with Crippen LogP contribution < -0.4 is 20.7 Å². The molecule has 2 nitrogen and oxygen atoms in total. The molecule has 0 amide bonds. The van der Waals surface area contributed by atoms with E-state index in [1.165, 1.54) is 86.6 Å². The third-order valence-corrected chi connectivity index (χ3v) is 17.9. The summed E-state index contributed by atoms with van der Waals surface area (Å²) in [6.07, 6.45) is 0. The lowest BCUT2D eigenvalue weighted by atomic mass is 9.99. The molecule has 2 aromatic heterocycles. The monoisotopic (exact) mass is 818 g/mol. The average molecular weight is 819 g/mol. The summed E-state index contributed by atoms with van der Waals surface area (Å²) in [6.45, 7) is 0. The number of rotatable bonds is 8. The number of hydrogen-bond donors (Lipinski definition) is 0. The van der Waals surface area contributed by atoms with Crippen molar-refractivity contribution in [3.05, 3.63) is 255 Å². The van der Waals surface area contributed by atoms with Crippen molar-refractivity contribution in [2.75, 3.05) is 0 Å². The molecule has 0 saturated heterocycles. The molecule has 0 radical (unpaired) electrons. The second-order valence-corrected chi connectivity index (χ2v) is 20.2. The normalized spacial score (nSPS) is 11.8. The highest BCUT2D eigenvalue weighted by molar-refractivity contribution is 7.20. The van der Waals surface area contributed by atoms with Crippen molar-refractivity contribution in [2.24, 2.45) is 0 Å². The van der Waals surface area contributed by atoms with E-state index in [-0.39, 0.29) is 0 Å². The number of aromatic nitrogens is 2. The Morgan fingerprint density at radius 3 is 1.33 bits per heavy atom. The van der Waals surface area contributed by atoms with E-state index >= 15 is 0 Å². The Kier molecular flexibility index (Phi) is 8.87. The molecule has 12 aromatic rings. The van der Waals surface area contributed by atoms with Gasteiger partial charge in [0.15, 0.2) is 8.07 Å². The molecule has 296 valence electrons. The van der Waals surface area contributed by atoms with Crippen molar-refractivity contribution in [3.8, 4) is 33.6 Å². The predicted octanol–water partition coefficient (Wildman–Crippen LogP) is 12.6. The predicted molar refractivity (Wildman–Crippen MR) is 270 cm³/mol. The Balaban J connectivity index is 1.28. The van der Waals surface area contributed by atoms with Crippen LogP contribution in [0, 0.1) is 0 Å². The summed E-state index contributed by atoms with van der Waals surface area (Å²) in [4.78, 5) is 0. The van der Waals surface area contributed by atoms with Crippen LogP contribution in [-0.4, -0.2) is 17.2 Å². The Morgan fingerprint density at radius 2 is 0.746 bits per heavy atom. The van der Waals surface area contributed by atoms with E-state index in [2.05, 4.69) is 264 Å². The van der Waals surface area contributed by atoms with Crippen molar-refractivity contribution in [2.45, 2.75) is 0 Å². The lowest BCUT2D eigenvalue weighted by molar-refractivity contribution is 1.13. The summed E-state index contributed by atoms with van der Waals surface area (Å²) in [5.74, 6) is 0. The number of para-hydroxylation sites is 3. The van der Waals surface area contributed by atoms with Crippen LogP contribution in [0.4, 0.5) is 0 Å². The van der Waals surface area contributed by atoms with Gasteiger partial charge in [0.1, 0.15) is 0 Å². The van der Waals surface area contributed by atoms with Crippen LogP contribution in [0.2, 0.25) is 0 Å². The van der Waals surface area contributed by atoms with Crippen LogP contribution in [0.15, 0.2) is 255 Å². The van der Waals surface area contributed by atoms with Gasteiger partial charge in [0.2, 0.25) is 0 Å². The topological polar surface area (TPSA) is 9.86 Å². The van der Waals surface area contributed by atoms with Crippen molar-refractivity contribution in [1.82, 2.24) is 9.13 Å². The van der Waals surface area contributed by atoms with E-state index in [0.29, 0.717) is 0 Å². The van der Waals surface area contributed by atoms with Gasteiger partial charge in [0, 0.05) is 27.2 Å². The SMILES string of the molecule is c1ccc(-c2ccc(-n3c4ccccc4c4cccc(-n5c6ccccc6c6c(-c7ccccc7)ccc([Si](c7ccccc7)(c7ccccc7)c7ccccc7)c65)c43)cc2)cc1. The Hall–Kier alpha value is -7.98. The van der Waals surface area contributed by atoms with E-state index < -0.39 is 8.07 Å². The zero-order chi connectivity index (χ0) is 41.7. The number of benzene rings is 10. The molecule has 0 atom stereocenters. The van der Waals surface area contributed by atoms with E-state index in [1.807, 2.05) is 0 Å². The van der Waals surface area contributed by atoms with Gasteiger partial charge in [0.05, 0.1) is 27.8 Å². The van der Waals surface area contributed by atoms with Crippen LogP contribution in [0.5, 0.6) is 0 Å². The molecule has 0 bridgehead atoms. The molecular formula is C60H42N2Si. The summed E-state index contributed by atoms with van der Waals surface area (Å²) in [6, 6.07) is 94.4. The minimum atomic E-state index is -3.06. The highest BCUT2D eigenvalue weighted by atomic mass is 28.3. The van der Waals surface area contributed by atoms with Crippen molar-refractivity contribution in [3.63, 3.8) is 0 Å². The molecule has 0 unspecified atom stereocenters. The zero-order valence-electron chi connectivity index (χ0n) is 34.6. The van der Waals surface area contributed by atoms with Gasteiger partial charge in [0.25, 0.3) is 0 Å². The first-order valence-electron chi connectivity index (χ1n) is 21.8. The lowest BCUT2D eigenvalue weighted by Crippen LogP contribution is -2.75. The Bertz CT molecular complexity index is 3480. The van der Waals surface area contributed by atoms with Gasteiger partial charge < -0.3 is 9.13 Å². The molecule has 0 aliphatic carbocycles. The molecule has 10 aromatic carbocycles. The zero-order valence-corrected chi connectivity index (χ0v) is 35.6. The lowest BCUT2D eigenvalue weighted by Gasteiger charge is -2.35. The number of hydrogen-bond acceptors (Lipinski definition) is 0. The summed E-state index contributed by atoms with van der Waals surface area (Å²) in [5, 5.41) is 10.3. The Morgan fingerprint density at radius 1 is 0.286 bits per heavy atom. The van der Waals surface area contributed by atoms with Gasteiger partial charge >= 0.3 is 0 Å². The van der Waals surface area contributed by atoms with E-state index in [9.17, 15) is 0 Å². The number of fused-ring (bicyclic) bond motifs is 6. The van der Waals surface area contributed by atoms with Gasteiger partial charge in [-0.05, 0) is 73.3 Å². The molecule has 0 fully saturated rings. The molecule has 3 heteroatoms. The van der Waals surface area contributed by atoms with Crippen LogP contribution in [0.25, 0.3) is 77.2 Å². The maximum absolute atomic E-state index is 3.06. The molecule has 12 rings (SSSR count). The third kappa shape index (κ3) is 5.78. The number of nitrogens with zero attached hydrogens (tertiary/aromatic N) is 2. The molecule has 63 heavy (non-hydrogen) atoms. The van der Waals surface area contributed by atoms with E-state index in [0.717, 1.165) is 11.4 Å². The smallest absolute Gasteiger partial charge is 0.181 e. The summed E-state index contributed by atoms with van der Waals surface area (Å²) >= 11 is 0. The fourth-order valence-corrected chi connectivity index (χ4v) is 15.4. The first-order chi connectivity index (χ1) is 31.3. The standard InChI is InChI=1S/C60H42N2Si/c1-6-21-43(22-7-1)44-37-39-46(40-38-44)61-54-34-18-16-31-51(54)52-33-20-36-56(59(52)61)62-55-35-19-17-32-53(55)58-50(45-23-8-2-9-24-45)41-42-57(60(58)62)63(47-25-10-3-11-26-47,48-27-12-4-13-28-48)49-29-14-5-15-30-49/h1-42H. The van der Waals surface area contributed by atoms with Crippen LogP contribution in [-0.2, 0) is 0 Å². The first-order valence-corrected chi connectivity index (χ1v) is 23.8. The van der Waals surface area contributed by atoms with Crippen molar-refractivity contribution < 1.29 is 0 Å². The molecular weight excluding hydrogens is 777 g/mol. The summed E-state index contributed by atoms with van der Waals surface area (Å²) in [7, 11) is -3.06. The highest BCUT2D eigenvalue weighted by Gasteiger charge is 2.44. The second-order valence-electron chi connectivity index (χ2n) is 16.4. The largest absolute Gasteiger partial charge is 0.307 e. The van der Waals surface area contributed by atoms with Crippen LogP contribution in [0.1, 0.15) is 0 Å². The molecule has 0 aliphatic rings. The van der Waals surface area contributed by atoms with Crippen molar-refractivity contribution in [1.29, 1.82) is 0 Å². The summed E-state index contributed by atoms with van der Waals surface area (Å²) < 4.78 is 5.12. The van der Waals surface area contributed by atoms with E-state index in [4.69, 9.17) is 0 Å². The fourth-order valence-electron chi connectivity index (χ4n) is 10.4. The van der Waals surface area contributed by atoms with Crippen LogP contribution in [0.3, 0.4) is 0 Å². The van der Waals surface area contributed by atoms with Gasteiger partial charge in [-0.25, -0.2) is 0 Å². The Labute approximate surface area is 368 Å². The summed E-state index contributed by atoms with van der Waals surface area (Å²) in [5.41, 5.74) is 11.9. The third-order valence-electron chi connectivity index (χ3n) is 13.1. The van der Waals surface area contributed by atoms with Gasteiger partial charge in [-0.15, -0.1) is 0 Å². The second kappa shape index (κ2) is 15.2. The van der Waals surface area contributed by atoms with Gasteiger partial charge in [-0.2, -0.15) is 0 Å². The van der Waals surface area contributed by atoms with Gasteiger partial charge in [-0.3, -0.25) is 0 Å². The average Bonchev–Trinajstić information content (AvgIpc) is 3.90. The molecule has 0 aliphatic heterocycles.